The van der Waals surface area contributed by atoms with Crippen LogP contribution in [-0.2, 0) is 19.1 Å². The lowest BCUT2D eigenvalue weighted by molar-refractivity contribution is -0.144. The number of aliphatic carboxylic acids is 1. The van der Waals surface area contributed by atoms with Crippen LogP contribution in [0, 0.1) is 35.0 Å². The van der Waals surface area contributed by atoms with Crippen molar-refractivity contribution in [3.8, 4) is 6.07 Å². The standard InChI is InChI=1S/C13H19N3O2.C8H14O3/c14-7-10-5-9-6-11(9)16(10)13(17)12(15)8-1-3-18-4-2-8;1-6(8(9)10)7-2-4-11-5-3-7/h8-12H,1-6,15H2;6-7H,2-5H2,1H3,(H,9,10)/t9-,10?,11+,12?;/m1./s1. The highest BCUT2D eigenvalue weighted by Crippen LogP contribution is 2.48. The maximum atomic E-state index is 12.5. The van der Waals surface area contributed by atoms with Gasteiger partial charge in [-0.15, -0.1) is 0 Å². The minimum atomic E-state index is -0.683. The van der Waals surface area contributed by atoms with Crippen LogP contribution in [0.2, 0.25) is 0 Å². The van der Waals surface area contributed by atoms with Gasteiger partial charge < -0.3 is 25.2 Å². The Hall–Kier alpha value is -1.69. The summed E-state index contributed by atoms with van der Waals surface area (Å²) in [7, 11) is 0. The molecule has 5 atom stereocenters. The number of amides is 1. The topological polar surface area (TPSA) is 126 Å². The average molecular weight is 408 g/mol. The number of nitrogens with zero attached hydrogens (tertiary/aromatic N) is 2. The van der Waals surface area contributed by atoms with Gasteiger partial charge in [-0.25, -0.2) is 0 Å². The van der Waals surface area contributed by atoms with Crippen molar-refractivity contribution < 1.29 is 24.2 Å². The van der Waals surface area contributed by atoms with Gasteiger partial charge in [0.2, 0.25) is 5.91 Å². The molecule has 4 fully saturated rings. The van der Waals surface area contributed by atoms with Crippen molar-refractivity contribution in [2.45, 2.75) is 63.6 Å². The lowest BCUT2D eigenvalue weighted by atomic mass is 9.87. The van der Waals surface area contributed by atoms with Gasteiger partial charge in [-0.1, -0.05) is 6.92 Å². The van der Waals surface area contributed by atoms with Crippen LogP contribution < -0.4 is 5.73 Å². The van der Waals surface area contributed by atoms with E-state index in [-0.39, 0.29) is 23.8 Å². The monoisotopic (exact) mass is 407 g/mol. The fourth-order valence-electron chi connectivity index (χ4n) is 4.76. The van der Waals surface area contributed by atoms with Crippen LogP contribution in [0.15, 0.2) is 0 Å². The van der Waals surface area contributed by atoms with Gasteiger partial charge in [-0.2, -0.15) is 5.26 Å². The number of hydrogen-bond donors (Lipinski definition) is 2. The Bertz CT molecular complexity index is 624. The number of carbonyl (C=O) groups excluding carboxylic acids is 1. The van der Waals surface area contributed by atoms with E-state index in [0.717, 1.165) is 51.7 Å². The van der Waals surface area contributed by atoms with Crippen molar-refractivity contribution in [1.82, 2.24) is 4.90 Å². The number of likely N-dealkylation sites (tertiary alicyclic amines) is 1. The zero-order valence-corrected chi connectivity index (χ0v) is 17.2. The lowest BCUT2D eigenvalue weighted by Gasteiger charge is -2.31. The van der Waals surface area contributed by atoms with Crippen molar-refractivity contribution in [2.75, 3.05) is 26.4 Å². The summed E-state index contributed by atoms with van der Waals surface area (Å²) < 4.78 is 10.4. The molecule has 29 heavy (non-hydrogen) atoms. The molecule has 0 spiro atoms. The molecule has 8 heteroatoms. The molecular weight excluding hydrogens is 374 g/mol. The van der Waals surface area contributed by atoms with E-state index in [1.165, 1.54) is 0 Å². The molecular formula is C21H33N3O5. The molecule has 0 aromatic heterocycles. The highest BCUT2D eigenvalue weighted by molar-refractivity contribution is 5.83. The first-order valence-electron chi connectivity index (χ1n) is 10.8. The van der Waals surface area contributed by atoms with Crippen LogP contribution >= 0.6 is 0 Å². The van der Waals surface area contributed by atoms with E-state index < -0.39 is 12.0 Å². The Labute approximate surface area is 172 Å². The summed E-state index contributed by atoms with van der Waals surface area (Å²) in [5, 5.41) is 17.8. The summed E-state index contributed by atoms with van der Waals surface area (Å²) in [4.78, 5) is 24.8. The molecule has 1 aliphatic carbocycles. The number of nitriles is 1. The third-order valence-corrected chi connectivity index (χ3v) is 6.93. The summed E-state index contributed by atoms with van der Waals surface area (Å²) in [5.41, 5.74) is 6.11. The number of carboxylic acid groups (broad SMARTS) is 1. The first-order valence-corrected chi connectivity index (χ1v) is 10.8. The molecule has 0 aromatic rings. The second kappa shape index (κ2) is 9.88. The largest absolute Gasteiger partial charge is 0.481 e. The van der Waals surface area contributed by atoms with Gasteiger partial charge in [0.15, 0.2) is 0 Å². The summed E-state index contributed by atoms with van der Waals surface area (Å²) >= 11 is 0. The highest BCUT2D eigenvalue weighted by atomic mass is 16.5. The molecule has 3 saturated heterocycles. The molecule has 3 unspecified atom stereocenters. The van der Waals surface area contributed by atoms with E-state index >= 15 is 0 Å². The second-order valence-corrected chi connectivity index (χ2v) is 8.74. The van der Waals surface area contributed by atoms with Crippen LogP contribution in [0.5, 0.6) is 0 Å². The van der Waals surface area contributed by atoms with Crippen LogP contribution in [-0.4, -0.2) is 66.4 Å². The molecule has 1 amide bonds. The maximum absolute atomic E-state index is 12.5. The third-order valence-electron chi connectivity index (χ3n) is 6.93. The number of rotatable bonds is 4. The zero-order chi connectivity index (χ0) is 21.0. The summed E-state index contributed by atoms with van der Waals surface area (Å²) in [6, 6.07) is 1.84. The summed E-state index contributed by atoms with van der Waals surface area (Å²) in [6.07, 6.45) is 5.40. The first kappa shape index (κ1) is 22.0. The van der Waals surface area contributed by atoms with Gasteiger partial charge in [-0.05, 0) is 56.3 Å². The second-order valence-electron chi connectivity index (χ2n) is 8.74. The average Bonchev–Trinajstić information content (AvgIpc) is 3.43. The quantitative estimate of drug-likeness (QED) is 0.721. The van der Waals surface area contributed by atoms with Crippen LogP contribution in [0.3, 0.4) is 0 Å². The fourth-order valence-corrected chi connectivity index (χ4v) is 4.76. The van der Waals surface area contributed by atoms with E-state index in [1.54, 1.807) is 11.8 Å². The Morgan fingerprint density at radius 3 is 2.14 bits per heavy atom. The molecule has 162 valence electrons. The molecule has 4 rings (SSSR count). The maximum Gasteiger partial charge on any atom is 0.306 e. The lowest BCUT2D eigenvalue weighted by Crippen LogP contribution is -2.51. The van der Waals surface area contributed by atoms with E-state index in [2.05, 4.69) is 6.07 Å². The highest BCUT2D eigenvalue weighted by Gasteiger charge is 2.55. The number of hydrogen-bond acceptors (Lipinski definition) is 6. The van der Waals surface area contributed by atoms with Crippen molar-refractivity contribution in [3.05, 3.63) is 0 Å². The van der Waals surface area contributed by atoms with Crippen molar-refractivity contribution in [3.63, 3.8) is 0 Å². The summed E-state index contributed by atoms with van der Waals surface area (Å²) in [5.74, 6) is 0.180. The van der Waals surface area contributed by atoms with Gasteiger partial charge in [0.25, 0.3) is 0 Å². The van der Waals surface area contributed by atoms with Crippen molar-refractivity contribution in [1.29, 1.82) is 5.26 Å². The molecule has 3 heterocycles. The number of piperidine rings is 1. The molecule has 0 aromatic carbocycles. The van der Waals surface area contributed by atoms with Crippen molar-refractivity contribution >= 4 is 11.9 Å². The Morgan fingerprint density at radius 2 is 1.62 bits per heavy atom. The molecule has 0 bridgehead atoms. The molecule has 4 aliphatic rings. The van der Waals surface area contributed by atoms with E-state index in [9.17, 15) is 9.59 Å². The molecule has 3 aliphatic heterocycles. The van der Waals surface area contributed by atoms with Gasteiger partial charge in [0.1, 0.15) is 6.04 Å². The number of fused-ring (bicyclic) bond motifs is 1. The number of nitrogens with two attached hydrogens (primary N) is 1. The first-order chi connectivity index (χ1) is 13.9. The summed E-state index contributed by atoms with van der Waals surface area (Å²) in [6.45, 7) is 4.61. The van der Waals surface area contributed by atoms with Crippen molar-refractivity contribution in [2.24, 2.45) is 29.4 Å². The van der Waals surface area contributed by atoms with Crippen LogP contribution in [0.25, 0.3) is 0 Å². The zero-order valence-electron chi connectivity index (χ0n) is 17.2. The number of carboxylic acids is 1. The van der Waals surface area contributed by atoms with Gasteiger partial charge >= 0.3 is 5.97 Å². The minimum Gasteiger partial charge on any atom is -0.481 e. The smallest absolute Gasteiger partial charge is 0.306 e. The molecule has 1 saturated carbocycles. The molecule has 0 radical (unpaired) electrons. The predicted molar refractivity (Wildman–Crippen MR) is 105 cm³/mol. The van der Waals surface area contributed by atoms with Gasteiger partial charge in [0.05, 0.1) is 18.0 Å². The van der Waals surface area contributed by atoms with Gasteiger partial charge in [-0.3, -0.25) is 9.59 Å². The number of ether oxygens (including phenoxy) is 2. The minimum absolute atomic E-state index is 0.0153. The predicted octanol–water partition coefficient (Wildman–Crippen LogP) is 1.39. The fraction of sp³-hybridized carbons (Fsp3) is 0.857. The third kappa shape index (κ3) is 5.27. The normalized spacial score (nSPS) is 31.6. The van der Waals surface area contributed by atoms with Crippen LogP contribution in [0.1, 0.15) is 45.4 Å². The van der Waals surface area contributed by atoms with E-state index in [4.69, 9.17) is 25.6 Å². The Balaban J connectivity index is 0.000000188. The van der Waals surface area contributed by atoms with Gasteiger partial charge in [0, 0.05) is 32.5 Å². The molecule has 3 N–H and O–H groups in total. The SMILES string of the molecule is CC(C(=O)O)C1CCOCC1.N#CC1C[C@@H]2C[C@@H]2N1C(=O)C(N)C1CCOCC1. The number of carbonyl (C=O) groups is 2. The molecule has 8 nitrogen and oxygen atoms in total. The Morgan fingerprint density at radius 1 is 1.07 bits per heavy atom. The van der Waals surface area contributed by atoms with E-state index in [1.807, 2.05) is 0 Å². The van der Waals surface area contributed by atoms with E-state index in [0.29, 0.717) is 31.1 Å². The Kier molecular flexibility index (Phi) is 7.49. The van der Waals surface area contributed by atoms with Crippen LogP contribution in [0.4, 0.5) is 0 Å².